The number of nitrogens with one attached hydrogen (secondary N) is 1. The Hall–Kier alpha value is -2.13. The predicted octanol–water partition coefficient (Wildman–Crippen LogP) is 0.998. The fraction of sp³-hybridized carbons (Fsp3) is 0.636. The number of nitrogens with zero attached hydrogens (tertiary/aromatic N) is 3. The molecule has 0 unspecified atom stereocenters. The molecule has 118 valence electrons. The fourth-order valence-corrected chi connectivity index (χ4v) is 1.54. The molecule has 0 aliphatic rings. The lowest BCUT2D eigenvalue weighted by atomic mass is 10.3. The van der Waals surface area contributed by atoms with Crippen LogP contribution in [0.3, 0.4) is 0 Å². The topological polar surface area (TPSA) is 86.1 Å². The minimum atomic E-state index is -4.89. The molecule has 0 aliphatic heterocycles. The summed E-state index contributed by atoms with van der Waals surface area (Å²) in [5, 5.41) is 8.81. The number of alkyl halides is 3. The Kier molecular flexibility index (Phi) is 5.28. The van der Waals surface area contributed by atoms with Gasteiger partial charge in [0, 0.05) is 6.04 Å². The smallest absolute Gasteiger partial charge is 0.435 e. The summed E-state index contributed by atoms with van der Waals surface area (Å²) in [6.07, 6.45) is -4.89. The Bertz CT molecular complexity index is 525. The number of rotatable bonds is 5. The third kappa shape index (κ3) is 4.43. The van der Waals surface area contributed by atoms with Crippen LogP contribution < -0.4 is 5.32 Å². The molecule has 1 aromatic heterocycles. The van der Waals surface area contributed by atoms with Gasteiger partial charge in [0.2, 0.25) is 11.6 Å². The quantitative estimate of drug-likeness (QED) is 0.820. The van der Waals surface area contributed by atoms with E-state index in [1.165, 1.54) is 6.92 Å². The van der Waals surface area contributed by atoms with E-state index in [9.17, 15) is 22.8 Å². The fourth-order valence-electron chi connectivity index (χ4n) is 1.54. The van der Waals surface area contributed by atoms with Crippen LogP contribution in [0.4, 0.5) is 13.2 Å². The second-order valence-corrected chi connectivity index (χ2v) is 4.38. The first-order valence-corrected chi connectivity index (χ1v) is 6.14. The second-order valence-electron chi connectivity index (χ2n) is 4.38. The lowest BCUT2D eigenvalue weighted by Gasteiger charge is -2.12. The number of aromatic nitrogens is 3. The van der Waals surface area contributed by atoms with E-state index in [1.54, 1.807) is 13.8 Å². The summed E-state index contributed by atoms with van der Waals surface area (Å²) in [5.74, 6) is -1.91. The Morgan fingerprint density at radius 2 is 2.00 bits per heavy atom. The molecule has 21 heavy (non-hydrogen) atoms. The molecule has 1 N–H and O–H groups in total. The molecule has 0 aliphatic carbocycles. The highest BCUT2D eigenvalue weighted by molar-refractivity contribution is 5.88. The van der Waals surface area contributed by atoms with Crippen molar-refractivity contribution in [1.29, 1.82) is 0 Å². The maximum absolute atomic E-state index is 13.0. The van der Waals surface area contributed by atoms with Crippen molar-refractivity contribution in [2.45, 2.75) is 39.5 Å². The molecule has 10 heteroatoms. The van der Waals surface area contributed by atoms with E-state index in [1.807, 2.05) is 0 Å². The standard InChI is InChI=1S/C11H15F3N4O3/c1-4-21-10(20)8-9(11(12,13)14)18(17-16-8)5-7(19)15-6(2)3/h6H,4-5H2,1-3H3,(H,15,19). The van der Waals surface area contributed by atoms with E-state index in [0.717, 1.165) is 0 Å². The predicted molar refractivity (Wildman–Crippen MR) is 64.3 cm³/mol. The Morgan fingerprint density at radius 1 is 1.38 bits per heavy atom. The molecule has 1 rings (SSSR count). The van der Waals surface area contributed by atoms with E-state index >= 15 is 0 Å². The first kappa shape index (κ1) is 16.9. The molecule has 0 fully saturated rings. The number of hydrogen-bond acceptors (Lipinski definition) is 5. The van der Waals surface area contributed by atoms with Crippen LogP contribution in [-0.4, -0.2) is 39.5 Å². The van der Waals surface area contributed by atoms with Crippen molar-refractivity contribution in [3.05, 3.63) is 11.4 Å². The first-order valence-electron chi connectivity index (χ1n) is 6.14. The lowest BCUT2D eigenvalue weighted by Crippen LogP contribution is -2.34. The number of carbonyl (C=O) groups is 2. The highest BCUT2D eigenvalue weighted by atomic mass is 19.4. The number of hydrogen-bond donors (Lipinski definition) is 1. The van der Waals surface area contributed by atoms with Gasteiger partial charge in [-0.05, 0) is 20.8 Å². The first-order chi connectivity index (χ1) is 9.66. The number of carbonyl (C=O) groups excluding carboxylic acids is 2. The van der Waals surface area contributed by atoms with Gasteiger partial charge in [-0.1, -0.05) is 5.21 Å². The summed E-state index contributed by atoms with van der Waals surface area (Å²) < 4.78 is 43.9. The number of esters is 1. The summed E-state index contributed by atoms with van der Waals surface area (Å²) in [7, 11) is 0. The molecule has 1 aromatic rings. The third-order valence-electron chi connectivity index (χ3n) is 2.22. The van der Waals surface area contributed by atoms with Crippen molar-refractivity contribution in [1.82, 2.24) is 20.3 Å². The SMILES string of the molecule is CCOC(=O)c1nnn(CC(=O)NC(C)C)c1C(F)(F)F. The highest BCUT2D eigenvalue weighted by Crippen LogP contribution is 2.31. The number of halogens is 3. The molecule has 0 spiro atoms. The zero-order valence-electron chi connectivity index (χ0n) is 11.7. The van der Waals surface area contributed by atoms with Gasteiger partial charge in [-0.3, -0.25) is 4.79 Å². The van der Waals surface area contributed by atoms with Crippen molar-refractivity contribution in [2.75, 3.05) is 6.61 Å². The van der Waals surface area contributed by atoms with Crippen LogP contribution in [-0.2, 0) is 22.3 Å². The van der Waals surface area contributed by atoms with Crippen LogP contribution in [0.2, 0.25) is 0 Å². The summed E-state index contributed by atoms with van der Waals surface area (Å²) in [6.45, 7) is 3.98. The van der Waals surface area contributed by atoms with Gasteiger partial charge in [0.1, 0.15) is 6.54 Å². The number of ether oxygens (including phenoxy) is 1. The largest absolute Gasteiger partial charge is 0.461 e. The normalized spacial score (nSPS) is 11.6. The average molecular weight is 308 g/mol. The van der Waals surface area contributed by atoms with Gasteiger partial charge in [0.05, 0.1) is 6.61 Å². The molecule has 1 heterocycles. The van der Waals surface area contributed by atoms with E-state index in [2.05, 4.69) is 20.4 Å². The van der Waals surface area contributed by atoms with Crippen molar-refractivity contribution < 1.29 is 27.5 Å². The minimum absolute atomic E-state index is 0.100. The van der Waals surface area contributed by atoms with Crippen molar-refractivity contribution >= 4 is 11.9 Å². The van der Waals surface area contributed by atoms with Crippen LogP contribution in [0, 0.1) is 0 Å². The van der Waals surface area contributed by atoms with Gasteiger partial charge in [-0.2, -0.15) is 13.2 Å². The second kappa shape index (κ2) is 6.55. The molecule has 0 atom stereocenters. The monoisotopic (exact) mass is 308 g/mol. The molecule has 0 saturated heterocycles. The van der Waals surface area contributed by atoms with Crippen LogP contribution in [0.25, 0.3) is 0 Å². The zero-order valence-corrected chi connectivity index (χ0v) is 11.7. The zero-order chi connectivity index (χ0) is 16.2. The van der Waals surface area contributed by atoms with Crippen molar-refractivity contribution in [3.63, 3.8) is 0 Å². The maximum Gasteiger partial charge on any atom is 0.435 e. The summed E-state index contributed by atoms with van der Waals surface area (Å²) in [4.78, 5) is 23.0. The average Bonchev–Trinajstić information content (AvgIpc) is 2.71. The van der Waals surface area contributed by atoms with E-state index in [-0.39, 0.29) is 12.6 Å². The molecule has 0 saturated carbocycles. The van der Waals surface area contributed by atoms with Crippen molar-refractivity contribution in [3.8, 4) is 0 Å². The molecule has 0 aromatic carbocycles. The van der Waals surface area contributed by atoms with Crippen LogP contribution >= 0.6 is 0 Å². The molecular weight excluding hydrogens is 293 g/mol. The Labute approximate surface area is 118 Å². The van der Waals surface area contributed by atoms with E-state index in [4.69, 9.17) is 0 Å². The Balaban J connectivity index is 3.10. The number of amides is 1. The van der Waals surface area contributed by atoms with Crippen molar-refractivity contribution in [2.24, 2.45) is 0 Å². The summed E-state index contributed by atoms with van der Waals surface area (Å²) in [5.41, 5.74) is -2.36. The van der Waals surface area contributed by atoms with Crippen LogP contribution in [0.5, 0.6) is 0 Å². The molecular formula is C11H15F3N4O3. The third-order valence-corrected chi connectivity index (χ3v) is 2.22. The van der Waals surface area contributed by atoms with Gasteiger partial charge < -0.3 is 10.1 Å². The van der Waals surface area contributed by atoms with Gasteiger partial charge >= 0.3 is 12.1 Å². The van der Waals surface area contributed by atoms with Gasteiger partial charge in [0.25, 0.3) is 0 Å². The Morgan fingerprint density at radius 3 is 2.48 bits per heavy atom. The minimum Gasteiger partial charge on any atom is -0.461 e. The van der Waals surface area contributed by atoms with E-state index < -0.39 is 36.0 Å². The maximum atomic E-state index is 13.0. The molecule has 7 nitrogen and oxygen atoms in total. The van der Waals surface area contributed by atoms with E-state index in [0.29, 0.717) is 4.68 Å². The molecule has 0 radical (unpaired) electrons. The molecule has 1 amide bonds. The van der Waals surface area contributed by atoms with Gasteiger partial charge in [-0.15, -0.1) is 5.10 Å². The summed E-state index contributed by atoms with van der Waals surface area (Å²) >= 11 is 0. The molecule has 0 bridgehead atoms. The van der Waals surface area contributed by atoms with Gasteiger partial charge in [0.15, 0.2) is 5.69 Å². The summed E-state index contributed by atoms with van der Waals surface area (Å²) in [6, 6.07) is -0.236. The van der Waals surface area contributed by atoms with Crippen LogP contribution in [0.15, 0.2) is 0 Å². The lowest BCUT2D eigenvalue weighted by molar-refractivity contribution is -0.145. The highest BCUT2D eigenvalue weighted by Gasteiger charge is 2.42. The van der Waals surface area contributed by atoms with Gasteiger partial charge in [-0.25, -0.2) is 9.48 Å². The van der Waals surface area contributed by atoms with Crippen LogP contribution in [0.1, 0.15) is 37.0 Å².